The van der Waals surface area contributed by atoms with Gasteiger partial charge < -0.3 is 10.0 Å². The van der Waals surface area contributed by atoms with Gasteiger partial charge in [-0.3, -0.25) is 9.88 Å². The Balaban J connectivity index is 1.61. The normalized spacial score (nSPS) is 25.9. The van der Waals surface area contributed by atoms with Gasteiger partial charge in [0.25, 0.3) is 0 Å². The summed E-state index contributed by atoms with van der Waals surface area (Å²) in [6.45, 7) is 6.55. The number of nitrogens with zero attached hydrogens (tertiary/aromatic N) is 3. The predicted octanol–water partition coefficient (Wildman–Crippen LogP) is 2.20. The van der Waals surface area contributed by atoms with E-state index in [0.29, 0.717) is 6.04 Å². The van der Waals surface area contributed by atoms with Crippen LogP contribution in [0.25, 0.3) is 0 Å². The van der Waals surface area contributed by atoms with Gasteiger partial charge in [0, 0.05) is 19.1 Å². The molecular formula is C16H25N3O. The monoisotopic (exact) mass is 275 g/mol. The third-order valence-corrected chi connectivity index (χ3v) is 4.63. The molecule has 2 saturated heterocycles. The Hall–Kier alpha value is -1.13. The number of piperidine rings is 1. The van der Waals surface area contributed by atoms with Gasteiger partial charge in [0.05, 0.1) is 23.7 Å². The lowest BCUT2D eigenvalue weighted by Gasteiger charge is -2.32. The van der Waals surface area contributed by atoms with E-state index in [2.05, 4.69) is 20.9 Å². The number of aliphatic hydroxyl groups excluding tert-OH is 1. The molecule has 4 nitrogen and oxygen atoms in total. The summed E-state index contributed by atoms with van der Waals surface area (Å²) >= 11 is 0. The van der Waals surface area contributed by atoms with E-state index in [1.54, 1.807) is 6.92 Å². The first-order chi connectivity index (χ1) is 9.74. The molecule has 20 heavy (non-hydrogen) atoms. The molecule has 4 heteroatoms. The molecule has 0 aromatic carbocycles. The van der Waals surface area contributed by atoms with E-state index in [0.717, 1.165) is 18.8 Å². The molecule has 110 valence electrons. The zero-order chi connectivity index (χ0) is 13.9. The summed E-state index contributed by atoms with van der Waals surface area (Å²) in [4.78, 5) is 9.45. The third kappa shape index (κ3) is 2.96. The van der Waals surface area contributed by atoms with E-state index in [1.807, 2.05) is 12.3 Å². The van der Waals surface area contributed by atoms with Crippen molar-refractivity contribution in [1.29, 1.82) is 0 Å². The van der Waals surface area contributed by atoms with E-state index >= 15 is 0 Å². The Morgan fingerprint density at radius 3 is 2.65 bits per heavy atom. The van der Waals surface area contributed by atoms with Crippen molar-refractivity contribution >= 4 is 5.69 Å². The molecule has 2 unspecified atom stereocenters. The minimum absolute atomic E-state index is 0.483. The van der Waals surface area contributed by atoms with Crippen LogP contribution < -0.4 is 4.90 Å². The molecule has 3 heterocycles. The molecule has 0 spiro atoms. The van der Waals surface area contributed by atoms with E-state index < -0.39 is 6.10 Å². The molecule has 3 rings (SSSR count). The van der Waals surface area contributed by atoms with Crippen molar-refractivity contribution in [1.82, 2.24) is 9.88 Å². The highest BCUT2D eigenvalue weighted by molar-refractivity contribution is 5.46. The average Bonchev–Trinajstić information content (AvgIpc) is 2.98. The lowest BCUT2D eigenvalue weighted by molar-refractivity contribution is 0.175. The fourth-order valence-electron chi connectivity index (χ4n) is 3.39. The van der Waals surface area contributed by atoms with Crippen molar-refractivity contribution in [3.63, 3.8) is 0 Å². The molecule has 2 aliphatic heterocycles. The zero-order valence-corrected chi connectivity index (χ0v) is 12.3. The first-order valence-corrected chi connectivity index (χ1v) is 7.87. The van der Waals surface area contributed by atoms with Gasteiger partial charge in [-0.25, -0.2) is 0 Å². The molecule has 0 saturated carbocycles. The van der Waals surface area contributed by atoms with Gasteiger partial charge >= 0.3 is 0 Å². The van der Waals surface area contributed by atoms with Crippen molar-refractivity contribution in [2.45, 2.75) is 44.8 Å². The van der Waals surface area contributed by atoms with E-state index in [1.165, 1.54) is 44.5 Å². The molecule has 2 fully saturated rings. The molecule has 0 bridgehead atoms. The predicted molar refractivity (Wildman–Crippen MR) is 80.9 cm³/mol. The average molecular weight is 275 g/mol. The van der Waals surface area contributed by atoms with Crippen LogP contribution in [0, 0.1) is 0 Å². The fourth-order valence-corrected chi connectivity index (χ4v) is 3.39. The standard InChI is InChI=1S/C16H25N3O/c1-13(20)16-6-5-14(11-17-16)19-10-7-15(12-19)18-8-3-2-4-9-18/h5-6,11,13,15,20H,2-4,7-10,12H2,1H3. The number of anilines is 1. The molecule has 1 aromatic rings. The first-order valence-electron chi connectivity index (χ1n) is 7.87. The summed E-state index contributed by atoms with van der Waals surface area (Å²) < 4.78 is 0. The van der Waals surface area contributed by atoms with Gasteiger partial charge in [-0.1, -0.05) is 6.42 Å². The number of pyridine rings is 1. The highest BCUT2D eigenvalue weighted by Crippen LogP contribution is 2.25. The van der Waals surface area contributed by atoms with E-state index in [4.69, 9.17) is 0 Å². The number of hydrogen-bond donors (Lipinski definition) is 1. The van der Waals surface area contributed by atoms with Crippen LogP contribution in [0.15, 0.2) is 18.3 Å². The van der Waals surface area contributed by atoms with Gasteiger partial charge in [-0.2, -0.15) is 0 Å². The van der Waals surface area contributed by atoms with Gasteiger partial charge in [-0.05, 0) is 51.4 Å². The maximum Gasteiger partial charge on any atom is 0.0931 e. The van der Waals surface area contributed by atoms with Crippen molar-refractivity contribution < 1.29 is 5.11 Å². The van der Waals surface area contributed by atoms with Crippen LogP contribution in [-0.2, 0) is 0 Å². The molecule has 1 aromatic heterocycles. The molecule has 0 amide bonds. The summed E-state index contributed by atoms with van der Waals surface area (Å²) in [5, 5.41) is 9.51. The quantitative estimate of drug-likeness (QED) is 0.918. The van der Waals surface area contributed by atoms with Gasteiger partial charge in [0.1, 0.15) is 0 Å². The molecule has 2 atom stereocenters. The lowest BCUT2D eigenvalue weighted by Crippen LogP contribution is -2.40. The van der Waals surface area contributed by atoms with Crippen LogP contribution >= 0.6 is 0 Å². The number of likely N-dealkylation sites (tertiary alicyclic amines) is 1. The third-order valence-electron chi connectivity index (χ3n) is 4.63. The number of aromatic nitrogens is 1. The second kappa shape index (κ2) is 6.10. The van der Waals surface area contributed by atoms with Crippen LogP contribution in [0.2, 0.25) is 0 Å². The van der Waals surface area contributed by atoms with Crippen molar-refractivity contribution in [2.24, 2.45) is 0 Å². The summed E-state index contributed by atoms with van der Waals surface area (Å²) in [5.74, 6) is 0. The minimum Gasteiger partial charge on any atom is -0.387 e. The first kappa shape index (κ1) is 13.8. The molecule has 2 aliphatic rings. The van der Waals surface area contributed by atoms with Crippen molar-refractivity contribution in [3.8, 4) is 0 Å². The highest BCUT2D eigenvalue weighted by atomic mass is 16.3. The molecular weight excluding hydrogens is 250 g/mol. The molecule has 0 aliphatic carbocycles. The van der Waals surface area contributed by atoms with Crippen LogP contribution in [0.3, 0.4) is 0 Å². The maximum absolute atomic E-state index is 9.51. The molecule has 1 N–H and O–H groups in total. The Kier molecular flexibility index (Phi) is 4.22. The highest BCUT2D eigenvalue weighted by Gasteiger charge is 2.28. The van der Waals surface area contributed by atoms with Crippen molar-refractivity contribution in [3.05, 3.63) is 24.0 Å². The van der Waals surface area contributed by atoms with E-state index in [9.17, 15) is 5.11 Å². The number of aliphatic hydroxyl groups is 1. The zero-order valence-electron chi connectivity index (χ0n) is 12.3. The van der Waals surface area contributed by atoms with Crippen LogP contribution in [0.5, 0.6) is 0 Å². The Labute approximate surface area is 121 Å². The Morgan fingerprint density at radius 1 is 1.20 bits per heavy atom. The molecule has 0 radical (unpaired) electrons. The summed E-state index contributed by atoms with van der Waals surface area (Å²) in [6, 6.07) is 4.74. The number of rotatable bonds is 3. The van der Waals surface area contributed by atoms with Crippen LogP contribution in [0.1, 0.15) is 44.4 Å². The summed E-state index contributed by atoms with van der Waals surface area (Å²) in [5.41, 5.74) is 1.94. The Bertz CT molecular complexity index is 426. The van der Waals surface area contributed by atoms with Gasteiger partial charge in [0.15, 0.2) is 0 Å². The maximum atomic E-state index is 9.51. The van der Waals surface area contributed by atoms with Crippen LogP contribution in [0.4, 0.5) is 5.69 Å². The summed E-state index contributed by atoms with van der Waals surface area (Å²) in [6.07, 6.45) is 6.81. The lowest BCUT2D eigenvalue weighted by atomic mass is 10.1. The minimum atomic E-state index is -0.483. The van der Waals surface area contributed by atoms with Gasteiger partial charge in [-0.15, -0.1) is 0 Å². The largest absolute Gasteiger partial charge is 0.387 e. The fraction of sp³-hybridized carbons (Fsp3) is 0.688. The van der Waals surface area contributed by atoms with Crippen molar-refractivity contribution in [2.75, 3.05) is 31.1 Å². The Morgan fingerprint density at radius 2 is 2.00 bits per heavy atom. The smallest absolute Gasteiger partial charge is 0.0931 e. The van der Waals surface area contributed by atoms with Crippen LogP contribution in [-0.4, -0.2) is 47.2 Å². The van der Waals surface area contributed by atoms with Gasteiger partial charge in [0.2, 0.25) is 0 Å². The SMILES string of the molecule is CC(O)c1ccc(N2CCC(N3CCCCC3)C2)cn1. The number of hydrogen-bond acceptors (Lipinski definition) is 4. The summed E-state index contributed by atoms with van der Waals surface area (Å²) in [7, 11) is 0. The topological polar surface area (TPSA) is 39.6 Å². The second-order valence-electron chi connectivity index (χ2n) is 6.10. The van der Waals surface area contributed by atoms with E-state index in [-0.39, 0.29) is 0 Å². The second-order valence-corrected chi connectivity index (χ2v) is 6.10.